The van der Waals surface area contributed by atoms with E-state index in [4.69, 9.17) is 5.11 Å². The molecule has 7 nitrogen and oxygen atoms in total. The van der Waals surface area contributed by atoms with Crippen molar-refractivity contribution in [2.75, 3.05) is 17.2 Å². The minimum absolute atomic E-state index is 0.00376. The highest BCUT2D eigenvalue weighted by molar-refractivity contribution is 6.00. The zero-order chi connectivity index (χ0) is 17.8. The summed E-state index contributed by atoms with van der Waals surface area (Å²) in [5, 5.41) is 19.6. The number of carbonyl (C=O) groups is 1. The highest BCUT2D eigenvalue weighted by Crippen LogP contribution is 2.21. The van der Waals surface area contributed by atoms with Gasteiger partial charge in [0.05, 0.1) is 25.0 Å². The van der Waals surface area contributed by atoms with Gasteiger partial charge in [-0.1, -0.05) is 13.8 Å². The minimum atomic E-state index is -0.329. The Morgan fingerprint density at radius 1 is 1.24 bits per heavy atom. The molecule has 0 bridgehead atoms. The van der Waals surface area contributed by atoms with Crippen LogP contribution in [0.5, 0.6) is 0 Å². The van der Waals surface area contributed by atoms with Gasteiger partial charge >= 0.3 is 6.03 Å². The molecule has 0 aliphatic rings. The Balaban J connectivity index is 1.66. The number of aliphatic hydroxyl groups excluding tert-OH is 1. The second kappa shape index (κ2) is 7.40. The van der Waals surface area contributed by atoms with Gasteiger partial charge in [-0.15, -0.1) is 0 Å². The Labute approximate surface area is 146 Å². The SMILES string of the molecule is CC(C)Cn1ccc2cc(NC(=O)Nc3cnn(CCO)c3)ccc21. The van der Waals surface area contributed by atoms with E-state index in [0.29, 0.717) is 18.2 Å². The summed E-state index contributed by atoms with van der Waals surface area (Å²) in [5.74, 6) is 0.575. The average molecular weight is 341 g/mol. The molecule has 0 fully saturated rings. The quantitative estimate of drug-likeness (QED) is 0.644. The topological polar surface area (TPSA) is 84.1 Å². The van der Waals surface area contributed by atoms with E-state index in [1.54, 1.807) is 17.1 Å². The van der Waals surface area contributed by atoms with Gasteiger partial charge in [0.2, 0.25) is 0 Å². The van der Waals surface area contributed by atoms with E-state index >= 15 is 0 Å². The number of benzene rings is 1. The van der Waals surface area contributed by atoms with Gasteiger partial charge < -0.3 is 20.3 Å². The van der Waals surface area contributed by atoms with Gasteiger partial charge in [-0.3, -0.25) is 4.68 Å². The lowest BCUT2D eigenvalue weighted by atomic mass is 10.2. The summed E-state index contributed by atoms with van der Waals surface area (Å²) in [5.41, 5.74) is 2.47. The number of fused-ring (bicyclic) bond motifs is 1. The van der Waals surface area contributed by atoms with Crippen molar-refractivity contribution in [1.29, 1.82) is 0 Å². The summed E-state index contributed by atoms with van der Waals surface area (Å²) in [6, 6.07) is 7.60. The molecule has 0 aliphatic heterocycles. The fourth-order valence-corrected chi connectivity index (χ4v) is 2.78. The molecular weight excluding hydrogens is 318 g/mol. The lowest BCUT2D eigenvalue weighted by Gasteiger charge is -2.09. The van der Waals surface area contributed by atoms with Gasteiger partial charge in [0.25, 0.3) is 0 Å². The van der Waals surface area contributed by atoms with E-state index in [9.17, 15) is 4.79 Å². The van der Waals surface area contributed by atoms with Crippen molar-refractivity contribution < 1.29 is 9.90 Å². The molecule has 25 heavy (non-hydrogen) atoms. The Hall–Kier alpha value is -2.80. The van der Waals surface area contributed by atoms with Crippen LogP contribution in [-0.2, 0) is 13.1 Å². The fraction of sp³-hybridized carbons (Fsp3) is 0.333. The van der Waals surface area contributed by atoms with Crippen LogP contribution in [0.1, 0.15) is 13.8 Å². The molecule has 3 rings (SSSR count). The van der Waals surface area contributed by atoms with Crippen LogP contribution in [0.4, 0.5) is 16.2 Å². The number of nitrogens with zero attached hydrogens (tertiary/aromatic N) is 3. The van der Waals surface area contributed by atoms with Gasteiger partial charge in [0, 0.05) is 35.5 Å². The number of nitrogens with one attached hydrogen (secondary N) is 2. The molecule has 3 aromatic rings. The highest BCUT2D eigenvalue weighted by atomic mass is 16.3. The van der Waals surface area contributed by atoms with Crippen molar-refractivity contribution in [3.63, 3.8) is 0 Å². The number of urea groups is 1. The normalized spacial score (nSPS) is 11.2. The van der Waals surface area contributed by atoms with Crippen molar-refractivity contribution in [3.8, 4) is 0 Å². The third-order valence-corrected chi connectivity index (χ3v) is 3.81. The number of anilines is 2. The largest absolute Gasteiger partial charge is 0.394 e. The second-order valence-electron chi connectivity index (χ2n) is 6.43. The maximum atomic E-state index is 12.1. The van der Waals surface area contributed by atoms with Crippen molar-refractivity contribution in [3.05, 3.63) is 42.9 Å². The van der Waals surface area contributed by atoms with Crippen LogP contribution in [-0.4, -0.2) is 32.1 Å². The molecule has 2 heterocycles. The molecule has 0 unspecified atom stereocenters. The molecule has 7 heteroatoms. The summed E-state index contributed by atoms with van der Waals surface area (Å²) < 4.78 is 3.79. The lowest BCUT2D eigenvalue weighted by molar-refractivity contribution is 0.262. The summed E-state index contributed by atoms with van der Waals surface area (Å²) in [6.07, 6.45) is 5.29. The molecule has 0 aliphatic carbocycles. The number of hydrogen-bond acceptors (Lipinski definition) is 3. The van der Waals surface area contributed by atoms with Crippen LogP contribution in [0.15, 0.2) is 42.9 Å². The number of rotatable bonds is 6. The number of carbonyl (C=O) groups excluding carboxylic acids is 1. The molecule has 2 amide bonds. The number of amides is 2. The molecule has 0 spiro atoms. The monoisotopic (exact) mass is 341 g/mol. The maximum Gasteiger partial charge on any atom is 0.323 e. The Morgan fingerprint density at radius 2 is 2.04 bits per heavy atom. The first-order valence-electron chi connectivity index (χ1n) is 8.35. The predicted molar refractivity (Wildman–Crippen MR) is 98.7 cm³/mol. The third-order valence-electron chi connectivity index (χ3n) is 3.81. The van der Waals surface area contributed by atoms with E-state index in [0.717, 1.165) is 23.1 Å². The predicted octanol–water partition coefficient (Wildman–Crippen LogP) is 3.13. The standard InChI is InChI=1S/C18H23N5O2/c1-13(2)11-22-6-5-14-9-15(3-4-17(14)22)20-18(25)21-16-10-19-23(12-16)7-8-24/h3-6,9-10,12-13,24H,7-8,11H2,1-2H3,(H2,20,21,25). The van der Waals surface area contributed by atoms with Gasteiger partial charge in [-0.05, 0) is 30.2 Å². The van der Waals surface area contributed by atoms with E-state index < -0.39 is 0 Å². The van der Waals surface area contributed by atoms with Gasteiger partial charge in [-0.2, -0.15) is 5.10 Å². The summed E-state index contributed by atoms with van der Waals surface area (Å²) in [7, 11) is 0. The molecule has 3 N–H and O–H groups in total. The lowest BCUT2D eigenvalue weighted by Crippen LogP contribution is -2.19. The fourth-order valence-electron chi connectivity index (χ4n) is 2.78. The van der Waals surface area contributed by atoms with Crippen molar-refractivity contribution in [2.45, 2.75) is 26.9 Å². The summed E-state index contributed by atoms with van der Waals surface area (Å²) in [4.78, 5) is 12.1. The van der Waals surface area contributed by atoms with Crippen LogP contribution in [0.25, 0.3) is 10.9 Å². The van der Waals surface area contributed by atoms with E-state index in [1.165, 1.54) is 0 Å². The zero-order valence-electron chi connectivity index (χ0n) is 14.4. The van der Waals surface area contributed by atoms with Crippen LogP contribution >= 0.6 is 0 Å². The third kappa shape index (κ3) is 4.19. The summed E-state index contributed by atoms with van der Waals surface area (Å²) in [6.45, 7) is 5.75. The first-order valence-corrected chi connectivity index (χ1v) is 8.35. The van der Waals surface area contributed by atoms with E-state index in [-0.39, 0.29) is 12.6 Å². The van der Waals surface area contributed by atoms with E-state index in [1.807, 2.05) is 18.2 Å². The Kier molecular flexibility index (Phi) is 5.04. The molecule has 1 aromatic carbocycles. The average Bonchev–Trinajstić information content (AvgIpc) is 3.14. The van der Waals surface area contributed by atoms with Gasteiger partial charge in [-0.25, -0.2) is 4.79 Å². The van der Waals surface area contributed by atoms with Crippen LogP contribution in [0.3, 0.4) is 0 Å². The minimum Gasteiger partial charge on any atom is -0.394 e. The molecule has 2 aromatic heterocycles. The second-order valence-corrected chi connectivity index (χ2v) is 6.43. The van der Waals surface area contributed by atoms with Gasteiger partial charge in [0.1, 0.15) is 0 Å². The number of aliphatic hydroxyl groups is 1. The number of hydrogen-bond donors (Lipinski definition) is 3. The van der Waals surface area contributed by atoms with E-state index in [2.05, 4.69) is 46.4 Å². The zero-order valence-corrected chi connectivity index (χ0v) is 14.4. The van der Waals surface area contributed by atoms with Crippen LogP contribution < -0.4 is 10.6 Å². The molecule has 0 saturated heterocycles. The summed E-state index contributed by atoms with van der Waals surface area (Å²) >= 11 is 0. The molecular formula is C18H23N5O2. The number of aromatic nitrogens is 3. The molecule has 0 saturated carbocycles. The van der Waals surface area contributed by atoms with Crippen molar-refractivity contribution >= 4 is 28.3 Å². The smallest absolute Gasteiger partial charge is 0.323 e. The Morgan fingerprint density at radius 3 is 2.80 bits per heavy atom. The highest BCUT2D eigenvalue weighted by Gasteiger charge is 2.07. The van der Waals surface area contributed by atoms with Crippen molar-refractivity contribution in [2.24, 2.45) is 5.92 Å². The molecule has 0 radical (unpaired) electrons. The maximum absolute atomic E-state index is 12.1. The first kappa shape index (κ1) is 17.0. The van der Waals surface area contributed by atoms with Gasteiger partial charge in [0.15, 0.2) is 0 Å². The Bertz CT molecular complexity index is 865. The van der Waals surface area contributed by atoms with Crippen molar-refractivity contribution in [1.82, 2.24) is 14.3 Å². The molecule has 132 valence electrons. The van der Waals surface area contributed by atoms with Crippen LogP contribution in [0.2, 0.25) is 0 Å². The molecule has 0 atom stereocenters. The van der Waals surface area contributed by atoms with Crippen LogP contribution in [0, 0.1) is 5.92 Å². The first-order chi connectivity index (χ1) is 12.0.